The quantitative estimate of drug-likeness (QED) is 0.811. The molecule has 1 aliphatic heterocycles. The molecule has 2 aliphatic rings. The number of halogens is 1. The summed E-state index contributed by atoms with van der Waals surface area (Å²) in [4.78, 5) is 11.9. The van der Waals surface area contributed by atoms with Crippen molar-refractivity contribution in [3.8, 4) is 0 Å². The molecule has 134 valence electrons. The number of hydrogen-bond acceptors (Lipinski definition) is 5. The van der Waals surface area contributed by atoms with Crippen LogP contribution in [-0.4, -0.2) is 44.9 Å². The zero-order chi connectivity index (χ0) is 16.8. The first-order valence-electron chi connectivity index (χ1n) is 7.79. The smallest absolute Gasteiger partial charge is 0.338 e. The van der Waals surface area contributed by atoms with Gasteiger partial charge in [0, 0.05) is 19.1 Å². The van der Waals surface area contributed by atoms with E-state index < -0.39 is 16.0 Å². The number of benzene rings is 1. The number of nitrogens with two attached hydrogens (primary N) is 1. The van der Waals surface area contributed by atoms with E-state index in [1.165, 1.54) is 17.5 Å². The number of methoxy groups -OCH3 is 1. The largest absolute Gasteiger partial charge is 0.465 e. The molecule has 3 rings (SSSR count). The van der Waals surface area contributed by atoms with Gasteiger partial charge in [0.1, 0.15) is 0 Å². The number of aryl methyl sites for hydroxylation is 1. The fraction of sp³-hybridized carbons (Fsp3) is 0.562. The minimum atomic E-state index is -3.62. The van der Waals surface area contributed by atoms with Crippen LogP contribution in [0.1, 0.15) is 28.8 Å². The van der Waals surface area contributed by atoms with Crippen LogP contribution in [0.3, 0.4) is 0 Å². The Morgan fingerprint density at radius 1 is 1.29 bits per heavy atom. The topological polar surface area (TPSA) is 89.7 Å². The van der Waals surface area contributed by atoms with Crippen molar-refractivity contribution in [3.05, 3.63) is 29.3 Å². The Morgan fingerprint density at radius 3 is 2.62 bits per heavy atom. The van der Waals surface area contributed by atoms with Gasteiger partial charge in [-0.15, -0.1) is 12.4 Å². The van der Waals surface area contributed by atoms with Crippen molar-refractivity contribution >= 4 is 28.4 Å². The van der Waals surface area contributed by atoms with Crippen LogP contribution in [0.25, 0.3) is 0 Å². The molecule has 0 aromatic heterocycles. The van der Waals surface area contributed by atoms with E-state index in [2.05, 4.69) is 0 Å². The van der Waals surface area contributed by atoms with E-state index >= 15 is 0 Å². The van der Waals surface area contributed by atoms with Gasteiger partial charge in [0.05, 0.1) is 17.6 Å². The van der Waals surface area contributed by atoms with Gasteiger partial charge in [-0.3, -0.25) is 0 Å². The van der Waals surface area contributed by atoms with E-state index in [0.717, 1.165) is 12.8 Å². The van der Waals surface area contributed by atoms with Crippen molar-refractivity contribution in [1.29, 1.82) is 0 Å². The van der Waals surface area contributed by atoms with Crippen molar-refractivity contribution in [3.63, 3.8) is 0 Å². The molecule has 2 N–H and O–H groups in total. The normalized spacial score (nSPS) is 26.7. The Bertz CT molecular complexity index is 738. The third-order valence-electron chi connectivity index (χ3n) is 5.13. The molecule has 1 saturated heterocycles. The number of carbonyl (C=O) groups is 1. The molecule has 1 heterocycles. The van der Waals surface area contributed by atoms with Crippen LogP contribution >= 0.6 is 12.4 Å². The highest BCUT2D eigenvalue weighted by molar-refractivity contribution is 7.89. The van der Waals surface area contributed by atoms with E-state index in [0.29, 0.717) is 24.6 Å². The van der Waals surface area contributed by atoms with Gasteiger partial charge in [0.2, 0.25) is 10.0 Å². The monoisotopic (exact) mass is 374 g/mol. The van der Waals surface area contributed by atoms with Gasteiger partial charge in [-0.25, -0.2) is 13.2 Å². The fourth-order valence-corrected chi connectivity index (χ4v) is 5.26. The number of nitrogens with zero attached hydrogens (tertiary/aromatic N) is 1. The minimum Gasteiger partial charge on any atom is -0.465 e. The third kappa shape index (κ3) is 3.18. The summed E-state index contributed by atoms with van der Waals surface area (Å²) in [6, 6.07) is 4.68. The molecule has 24 heavy (non-hydrogen) atoms. The Labute approximate surface area is 148 Å². The van der Waals surface area contributed by atoms with Crippen LogP contribution in [0.4, 0.5) is 0 Å². The number of hydrogen-bond donors (Lipinski definition) is 1. The van der Waals surface area contributed by atoms with Crippen LogP contribution in [-0.2, 0) is 14.8 Å². The number of ether oxygens (including phenoxy) is 1. The summed E-state index contributed by atoms with van der Waals surface area (Å²) >= 11 is 0. The second-order valence-corrected chi connectivity index (χ2v) is 8.39. The van der Waals surface area contributed by atoms with Gasteiger partial charge in [-0.1, -0.05) is 6.07 Å². The maximum atomic E-state index is 12.9. The predicted molar refractivity (Wildman–Crippen MR) is 92.7 cm³/mol. The Hall–Kier alpha value is -1.15. The lowest BCUT2D eigenvalue weighted by molar-refractivity contribution is 0.0599. The SMILES string of the molecule is COC(=O)c1cc(S(=O)(=O)N2CC3CCC(N)C3C2)ccc1C.Cl. The summed E-state index contributed by atoms with van der Waals surface area (Å²) in [6.07, 6.45) is 1.96. The molecule has 2 fully saturated rings. The molecule has 3 atom stereocenters. The Balaban J connectivity index is 0.00000208. The molecule has 8 heteroatoms. The van der Waals surface area contributed by atoms with Gasteiger partial charge in [0.25, 0.3) is 0 Å². The number of sulfonamides is 1. The Morgan fingerprint density at radius 2 is 2.00 bits per heavy atom. The van der Waals surface area contributed by atoms with Gasteiger partial charge in [-0.2, -0.15) is 4.31 Å². The minimum absolute atomic E-state index is 0. The van der Waals surface area contributed by atoms with E-state index in [1.54, 1.807) is 19.1 Å². The fourth-order valence-electron chi connectivity index (χ4n) is 3.70. The molecule has 0 amide bonds. The van der Waals surface area contributed by atoms with Gasteiger partial charge >= 0.3 is 5.97 Å². The summed E-state index contributed by atoms with van der Waals surface area (Å²) in [5.74, 6) is 0.0699. The first kappa shape index (κ1) is 19.2. The van der Waals surface area contributed by atoms with Crippen LogP contribution in [0.15, 0.2) is 23.1 Å². The zero-order valence-corrected chi connectivity index (χ0v) is 15.4. The van der Waals surface area contributed by atoms with Crippen molar-refractivity contribution < 1.29 is 17.9 Å². The Kier molecular flexibility index (Phi) is 5.59. The van der Waals surface area contributed by atoms with Gasteiger partial charge in [0.15, 0.2) is 0 Å². The summed E-state index contributed by atoms with van der Waals surface area (Å²) in [6.45, 7) is 2.74. The maximum absolute atomic E-state index is 12.9. The average Bonchev–Trinajstić information content (AvgIpc) is 3.10. The van der Waals surface area contributed by atoms with E-state index in [-0.39, 0.29) is 34.8 Å². The maximum Gasteiger partial charge on any atom is 0.338 e. The molecule has 1 aromatic carbocycles. The van der Waals surface area contributed by atoms with Crippen molar-refractivity contribution in [2.24, 2.45) is 17.6 Å². The zero-order valence-electron chi connectivity index (χ0n) is 13.8. The first-order valence-corrected chi connectivity index (χ1v) is 9.23. The molecular formula is C16H23ClN2O4S. The van der Waals surface area contributed by atoms with Gasteiger partial charge in [-0.05, 0) is 49.3 Å². The van der Waals surface area contributed by atoms with E-state index in [1.807, 2.05) is 0 Å². The summed E-state index contributed by atoms with van der Waals surface area (Å²) in [5, 5.41) is 0. The highest BCUT2D eigenvalue weighted by Crippen LogP contribution is 2.39. The van der Waals surface area contributed by atoms with Crippen LogP contribution < -0.4 is 5.73 Å². The number of esters is 1. The molecule has 1 aromatic rings. The van der Waals surface area contributed by atoms with Crippen LogP contribution in [0.2, 0.25) is 0 Å². The number of carbonyl (C=O) groups excluding carboxylic acids is 1. The summed E-state index contributed by atoms with van der Waals surface area (Å²) < 4.78 is 32.0. The van der Waals surface area contributed by atoms with Crippen molar-refractivity contribution in [2.45, 2.75) is 30.7 Å². The molecule has 0 bridgehead atoms. The van der Waals surface area contributed by atoms with Crippen molar-refractivity contribution in [2.75, 3.05) is 20.2 Å². The molecule has 1 saturated carbocycles. The van der Waals surface area contributed by atoms with Crippen LogP contribution in [0, 0.1) is 18.8 Å². The average molecular weight is 375 g/mol. The lowest BCUT2D eigenvalue weighted by atomic mass is 9.98. The highest BCUT2D eigenvalue weighted by Gasteiger charge is 2.45. The molecule has 3 unspecified atom stereocenters. The predicted octanol–water partition coefficient (Wildman–Crippen LogP) is 1.56. The second-order valence-electron chi connectivity index (χ2n) is 6.46. The standard InChI is InChI=1S/C16H22N2O4S.ClH/c1-10-3-5-12(7-13(10)16(19)22-2)23(20,21)18-8-11-4-6-15(17)14(11)9-18;/h3,5,7,11,14-15H,4,6,8-9,17H2,1-2H3;1H. The number of fused-ring (bicyclic) bond motifs is 1. The molecule has 1 aliphatic carbocycles. The number of rotatable bonds is 3. The van der Waals surface area contributed by atoms with Crippen LogP contribution in [0.5, 0.6) is 0 Å². The van der Waals surface area contributed by atoms with E-state index in [9.17, 15) is 13.2 Å². The second kappa shape index (κ2) is 7.00. The lowest BCUT2D eigenvalue weighted by Crippen LogP contribution is -2.33. The molecule has 6 nitrogen and oxygen atoms in total. The first-order chi connectivity index (χ1) is 10.8. The summed E-state index contributed by atoms with van der Waals surface area (Å²) in [7, 11) is -2.33. The van der Waals surface area contributed by atoms with Crippen molar-refractivity contribution in [1.82, 2.24) is 4.31 Å². The highest BCUT2D eigenvalue weighted by atomic mass is 35.5. The van der Waals surface area contributed by atoms with E-state index in [4.69, 9.17) is 10.5 Å². The molecular weight excluding hydrogens is 352 g/mol. The molecule has 0 spiro atoms. The van der Waals surface area contributed by atoms with Gasteiger partial charge < -0.3 is 10.5 Å². The lowest BCUT2D eigenvalue weighted by Gasteiger charge is -2.19. The third-order valence-corrected chi connectivity index (χ3v) is 6.96. The summed E-state index contributed by atoms with van der Waals surface area (Å²) in [5.41, 5.74) is 7.06. The molecule has 0 radical (unpaired) electrons.